The normalized spacial score (nSPS) is 13.4. The zero-order valence-corrected chi connectivity index (χ0v) is 18.2. The van der Waals surface area contributed by atoms with Crippen molar-refractivity contribution in [2.75, 3.05) is 13.1 Å². The summed E-state index contributed by atoms with van der Waals surface area (Å²) >= 11 is 0. The molecule has 4 aromatic heterocycles. The Kier molecular flexibility index (Phi) is 4.78. The van der Waals surface area contributed by atoms with E-state index in [0.29, 0.717) is 0 Å². The van der Waals surface area contributed by atoms with Gasteiger partial charge in [-0.25, -0.2) is 4.98 Å². The number of rotatable bonds is 4. The Morgan fingerprint density at radius 2 is 1.79 bits per heavy atom. The molecule has 0 bridgehead atoms. The smallest absolute Gasteiger partial charge is 0.0977 e. The van der Waals surface area contributed by atoms with Crippen molar-refractivity contribution < 1.29 is 0 Å². The first-order chi connectivity index (χ1) is 16.2. The molecule has 160 valence electrons. The number of aromatic amines is 1. The molecule has 0 atom stereocenters. The summed E-state index contributed by atoms with van der Waals surface area (Å²) in [7, 11) is 0. The van der Waals surface area contributed by atoms with E-state index in [2.05, 4.69) is 61.7 Å². The van der Waals surface area contributed by atoms with Crippen molar-refractivity contribution >= 4 is 16.5 Å². The Morgan fingerprint density at radius 3 is 2.67 bits per heavy atom. The van der Waals surface area contributed by atoms with Crippen molar-refractivity contribution in [3.8, 4) is 33.9 Å². The minimum Gasteiger partial charge on any atom is -0.343 e. The molecule has 1 aromatic carbocycles. The zero-order chi connectivity index (χ0) is 22.2. The first-order valence-electron chi connectivity index (χ1n) is 11.0. The maximum Gasteiger partial charge on any atom is 0.0977 e. The van der Waals surface area contributed by atoms with Crippen LogP contribution >= 0.6 is 0 Å². The molecule has 0 unspecified atom stereocenters. The molecule has 33 heavy (non-hydrogen) atoms. The molecule has 0 radical (unpaired) electrons. The number of nitrogens with zero attached hydrogens (tertiary/aromatic N) is 4. The molecule has 6 heteroatoms. The molecule has 0 aliphatic carbocycles. The Bertz CT molecular complexity index is 1510. The van der Waals surface area contributed by atoms with Gasteiger partial charge >= 0.3 is 0 Å². The fourth-order valence-electron chi connectivity index (χ4n) is 4.29. The first-order valence-corrected chi connectivity index (χ1v) is 11.0. The molecule has 6 nitrogen and oxygen atoms in total. The minimum atomic E-state index is 0.876. The SMILES string of the molecule is Cc1cccc(-c2[nH]cnc2-c2ccc3ncc(-c4cc(C5=CCNC5)ccn4)cc3c2)n1. The first kappa shape index (κ1) is 19.5. The third-order valence-electron chi connectivity index (χ3n) is 5.97. The van der Waals surface area contributed by atoms with Crippen molar-refractivity contribution in [3.63, 3.8) is 0 Å². The predicted molar refractivity (Wildman–Crippen MR) is 131 cm³/mol. The second-order valence-electron chi connectivity index (χ2n) is 8.21. The number of aromatic nitrogens is 5. The number of hydrogen-bond acceptors (Lipinski definition) is 5. The highest BCUT2D eigenvalue weighted by Gasteiger charge is 2.14. The molecule has 2 N–H and O–H groups in total. The van der Waals surface area contributed by atoms with Crippen LogP contribution in [-0.4, -0.2) is 38.0 Å². The lowest BCUT2D eigenvalue weighted by atomic mass is 10.0. The number of hydrogen-bond donors (Lipinski definition) is 2. The summed E-state index contributed by atoms with van der Waals surface area (Å²) in [6, 6.07) is 18.6. The average Bonchev–Trinajstić information content (AvgIpc) is 3.56. The summed E-state index contributed by atoms with van der Waals surface area (Å²) in [5.41, 5.74) is 10.0. The summed E-state index contributed by atoms with van der Waals surface area (Å²) in [4.78, 5) is 21.8. The number of aryl methyl sites for hydroxylation is 1. The number of imidazole rings is 1. The second kappa shape index (κ2) is 8.07. The summed E-state index contributed by atoms with van der Waals surface area (Å²) in [6.07, 6.45) is 7.71. The summed E-state index contributed by atoms with van der Waals surface area (Å²) in [5, 5.41) is 4.40. The molecule has 5 aromatic rings. The lowest BCUT2D eigenvalue weighted by molar-refractivity contribution is 0.897. The van der Waals surface area contributed by atoms with E-state index in [1.807, 2.05) is 43.6 Å². The number of nitrogens with one attached hydrogen (secondary N) is 2. The molecule has 6 rings (SSSR count). The minimum absolute atomic E-state index is 0.876. The Balaban J connectivity index is 1.41. The van der Waals surface area contributed by atoms with E-state index < -0.39 is 0 Å². The molecular formula is C27H22N6. The van der Waals surface area contributed by atoms with Gasteiger partial charge in [0, 0.05) is 47.7 Å². The maximum absolute atomic E-state index is 4.69. The van der Waals surface area contributed by atoms with Gasteiger partial charge in [-0.15, -0.1) is 0 Å². The summed E-state index contributed by atoms with van der Waals surface area (Å²) in [5.74, 6) is 0. The lowest BCUT2D eigenvalue weighted by Gasteiger charge is -2.08. The van der Waals surface area contributed by atoms with Crippen LogP contribution in [0.4, 0.5) is 0 Å². The molecular weight excluding hydrogens is 408 g/mol. The van der Waals surface area contributed by atoms with Gasteiger partial charge in [0.15, 0.2) is 0 Å². The van der Waals surface area contributed by atoms with Gasteiger partial charge in [0.2, 0.25) is 0 Å². The molecule has 1 aliphatic heterocycles. The number of fused-ring (bicyclic) bond motifs is 1. The largest absolute Gasteiger partial charge is 0.343 e. The fraction of sp³-hybridized carbons (Fsp3) is 0.111. The van der Waals surface area contributed by atoms with Crippen LogP contribution in [0.2, 0.25) is 0 Å². The zero-order valence-electron chi connectivity index (χ0n) is 18.2. The predicted octanol–water partition coefficient (Wildman–Crippen LogP) is 5.04. The van der Waals surface area contributed by atoms with Crippen LogP contribution in [0.5, 0.6) is 0 Å². The summed E-state index contributed by atoms with van der Waals surface area (Å²) in [6.45, 7) is 3.80. The van der Waals surface area contributed by atoms with Crippen molar-refractivity contribution in [2.45, 2.75) is 6.92 Å². The van der Waals surface area contributed by atoms with Crippen LogP contribution in [0.1, 0.15) is 11.3 Å². The third-order valence-corrected chi connectivity index (χ3v) is 5.97. The quantitative estimate of drug-likeness (QED) is 0.417. The standard InChI is InChI=1S/C27H22N6/c1-17-3-2-4-24(33-17)27-26(31-16-32-27)19-5-6-23-21(11-19)12-22(15-30-23)25-13-18(8-10-29-25)20-7-9-28-14-20/h2-8,10-13,15-16,28H,9,14H2,1H3,(H,31,32). The monoisotopic (exact) mass is 430 g/mol. The van der Waals surface area contributed by atoms with Crippen molar-refractivity contribution in [1.82, 2.24) is 30.2 Å². The van der Waals surface area contributed by atoms with Crippen LogP contribution in [-0.2, 0) is 0 Å². The van der Waals surface area contributed by atoms with Gasteiger partial charge in [0.1, 0.15) is 0 Å². The fourth-order valence-corrected chi connectivity index (χ4v) is 4.29. The molecule has 5 heterocycles. The van der Waals surface area contributed by atoms with Crippen molar-refractivity contribution in [1.29, 1.82) is 0 Å². The maximum atomic E-state index is 4.69. The van der Waals surface area contributed by atoms with E-state index in [1.54, 1.807) is 6.33 Å². The third kappa shape index (κ3) is 3.70. The Hall–Kier alpha value is -4.16. The molecule has 0 saturated heterocycles. The van der Waals surface area contributed by atoms with E-state index in [4.69, 9.17) is 4.98 Å². The van der Waals surface area contributed by atoms with Crippen LogP contribution in [0.3, 0.4) is 0 Å². The lowest BCUT2D eigenvalue weighted by Crippen LogP contribution is -2.07. The van der Waals surface area contributed by atoms with Gasteiger partial charge in [0.25, 0.3) is 0 Å². The Morgan fingerprint density at radius 1 is 0.848 bits per heavy atom. The molecule has 1 aliphatic rings. The van der Waals surface area contributed by atoms with Crippen LogP contribution in [0.15, 0.2) is 79.4 Å². The van der Waals surface area contributed by atoms with Gasteiger partial charge in [-0.2, -0.15) is 0 Å². The van der Waals surface area contributed by atoms with Gasteiger partial charge < -0.3 is 10.3 Å². The van der Waals surface area contributed by atoms with Crippen LogP contribution in [0, 0.1) is 6.92 Å². The van der Waals surface area contributed by atoms with E-state index in [9.17, 15) is 0 Å². The van der Waals surface area contributed by atoms with Gasteiger partial charge in [0.05, 0.1) is 34.6 Å². The van der Waals surface area contributed by atoms with E-state index in [0.717, 1.165) is 63.6 Å². The highest BCUT2D eigenvalue weighted by Crippen LogP contribution is 2.31. The molecule has 0 saturated carbocycles. The topological polar surface area (TPSA) is 79.4 Å². The second-order valence-corrected chi connectivity index (χ2v) is 8.21. The molecule has 0 amide bonds. The van der Waals surface area contributed by atoms with Crippen LogP contribution in [0.25, 0.3) is 50.4 Å². The molecule has 0 spiro atoms. The highest BCUT2D eigenvalue weighted by molar-refractivity contribution is 5.89. The Labute approximate surface area is 191 Å². The van der Waals surface area contributed by atoms with Gasteiger partial charge in [-0.05, 0) is 60.5 Å². The number of benzene rings is 1. The average molecular weight is 431 g/mol. The van der Waals surface area contributed by atoms with Crippen LogP contribution < -0.4 is 5.32 Å². The van der Waals surface area contributed by atoms with Gasteiger partial charge in [-0.1, -0.05) is 18.2 Å². The summed E-state index contributed by atoms with van der Waals surface area (Å²) < 4.78 is 0. The van der Waals surface area contributed by atoms with Gasteiger partial charge in [-0.3, -0.25) is 15.0 Å². The number of H-pyrrole nitrogens is 1. The van der Waals surface area contributed by atoms with E-state index in [-0.39, 0.29) is 0 Å². The van der Waals surface area contributed by atoms with E-state index >= 15 is 0 Å². The van der Waals surface area contributed by atoms with E-state index in [1.165, 1.54) is 11.1 Å². The van der Waals surface area contributed by atoms with Crippen molar-refractivity contribution in [3.05, 3.63) is 90.7 Å². The molecule has 0 fully saturated rings. The highest BCUT2D eigenvalue weighted by atomic mass is 14.9. The number of pyridine rings is 3. The van der Waals surface area contributed by atoms with Crippen molar-refractivity contribution in [2.24, 2.45) is 0 Å².